The van der Waals surface area contributed by atoms with E-state index in [-0.39, 0.29) is 48.7 Å². The molecular formula is C23H21N3O5S2. The van der Waals surface area contributed by atoms with Crippen molar-refractivity contribution < 1.29 is 19.4 Å². The predicted octanol–water partition coefficient (Wildman–Crippen LogP) is 2.85. The maximum Gasteiger partial charge on any atom is 0.271 e. The van der Waals surface area contributed by atoms with E-state index in [0.717, 1.165) is 21.9 Å². The highest BCUT2D eigenvalue weighted by molar-refractivity contribution is 8.26. The lowest BCUT2D eigenvalue weighted by atomic mass is 10.00. The number of Topliss-reactive ketones (excluding diaryl/α,β-unsaturated/α-hetero) is 1. The molecule has 1 aromatic carbocycles. The molecule has 1 aromatic heterocycles. The number of amides is 1. The second kappa shape index (κ2) is 10.6. The first-order valence-corrected chi connectivity index (χ1v) is 11.2. The third-order valence-electron chi connectivity index (χ3n) is 5.13. The maximum absolute atomic E-state index is 13.0. The number of hydrogen-bond donors (Lipinski definition) is 1. The normalized spacial score (nSPS) is 14.7. The van der Waals surface area contributed by atoms with Crippen LogP contribution in [0.4, 0.5) is 0 Å². The summed E-state index contributed by atoms with van der Waals surface area (Å²) in [5.74, 6) is -1.33. The number of aromatic hydroxyl groups is 1. The van der Waals surface area contributed by atoms with Gasteiger partial charge in [0.15, 0.2) is 5.78 Å². The summed E-state index contributed by atoms with van der Waals surface area (Å²) in [6, 6.07) is 11.1. The lowest BCUT2D eigenvalue weighted by molar-refractivity contribution is -0.122. The number of carbonyl (C=O) groups excluding carboxylic acids is 2. The average Bonchev–Trinajstić information content (AvgIpc) is 3.05. The van der Waals surface area contributed by atoms with Gasteiger partial charge in [0.2, 0.25) is 5.88 Å². The SMILES string of the molecule is COCCn1c(O)c(C(=O)CCN2C(=O)/C(=C/c3ccccc3)SC2=S)c(C)c(C#N)c1=O. The van der Waals surface area contributed by atoms with Gasteiger partial charge in [0.1, 0.15) is 16.0 Å². The summed E-state index contributed by atoms with van der Waals surface area (Å²) in [6.45, 7) is 1.54. The fraction of sp³-hybridized carbons (Fsp3) is 0.261. The van der Waals surface area contributed by atoms with E-state index in [0.29, 0.717) is 9.23 Å². The van der Waals surface area contributed by atoms with Crippen LogP contribution in [0.5, 0.6) is 5.88 Å². The van der Waals surface area contributed by atoms with E-state index >= 15 is 0 Å². The summed E-state index contributed by atoms with van der Waals surface area (Å²) >= 11 is 6.48. The zero-order valence-electron chi connectivity index (χ0n) is 18.0. The minimum absolute atomic E-state index is 0.00753. The van der Waals surface area contributed by atoms with Crippen molar-refractivity contribution in [1.82, 2.24) is 9.47 Å². The Hall–Kier alpha value is -3.26. The van der Waals surface area contributed by atoms with Gasteiger partial charge in [-0.2, -0.15) is 5.26 Å². The van der Waals surface area contributed by atoms with Crippen molar-refractivity contribution in [2.24, 2.45) is 0 Å². The van der Waals surface area contributed by atoms with Crippen molar-refractivity contribution in [2.45, 2.75) is 19.9 Å². The van der Waals surface area contributed by atoms with Crippen molar-refractivity contribution in [3.63, 3.8) is 0 Å². The number of nitrogens with zero attached hydrogens (tertiary/aromatic N) is 3. The molecule has 2 heterocycles. The first kappa shape index (κ1) is 24.4. The van der Waals surface area contributed by atoms with Gasteiger partial charge in [-0.05, 0) is 24.1 Å². The van der Waals surface area contributed by atoms with Crippen molar-refractivity contribution in [3.8, 4) is 11.9 Å². The van der Waals surface area contributed by atoms with E-state index in [1.54, 1.807) is 6.08 Å². The molecule has 0 unspecified atom stereocenters. The summed E-state index contributed by atoms with van der Waals surface area (Å²) in [5.41, 5.74) is -0.0646. The molecule has 1 saturated heterocycles. The van der Waals surface area contributed by atoms with Gasteiger partial charge < -0.3 is 9.84 Å². The molecule has 0 atom stereocenters. The van der Waals surface area contributed by atoms with Gasteiger partial charge in [-0.1, -0.05) is 54.3 Å². The second-order valence-electron chi connectivity index (χ2n) is 7.18. The Morgan fingerprint density at radius 2 is 1.97 bits per heavy atom. The van der Waals surface area contributed by atoms with Crippen LogP contribution >= 0.6 is 24.0 Å². The zero-order chi connectivity index (χ0) is 24.1. The van der Waals surface area contributed by atoms with E-state index < -0.39 is 17.2 Å². The van der Waals surface area contributed by atoms with Crippen LogP contribution in [-0.2, 0) is 16.1 Å². The molecule has 1 fully saturated rings. The zero-order valence-corrected chi connectivity index (χ0v) is 19.7. The minimum Gasteiger partial charge on any atom is -0.494 e. The molecule has 3 rings (SSSR count). The van der Waals surface area contributed by atoms with E-state index in [1.807, 2.05) is 36.4 Å². The molecule has 33 heavy (non-hydrogen) atoms. The fourth-order valence-electron chi connectivity index (χ4n) is 3.41. The van der Waals surface area contributed by atoms with Gasteiger partial charge in [0.05, 0.1) is 23.6 Å². The monoisotopic (exact) mass is 483 g/mol. The molecular weight excluding hydrogens is 462 g/mol. The van der Waals surface area contributed by atoms with Crippen molar-refractivity contribution in [2.75, 3.05) is 20.3 Å². The third kappa shape index (κ3) is 5.06. The molecule has 1 N–H and O–H groups in total. The van der Waals surface area contributed by atoms with Gasteiger partial charge in [0, 0.05) is 20.1 Å². The maximum atomic E-state index is 13.0. The van der Waals surface area contributed by atoms with Crippen LogP contribution in [0, 0.1) is 18.3 Å². The Morgan fingerprint density at radius 3 is 2.61 bits per heavy atom. The Kier molecular flexibility index (Phi) is 7.81. The highest BCUT2D eigenvalue weighted by atomic mass is 32.2. The Labute approximate surface area is 200 Å². The number of benzene rings is 1. The molecule has 0 radical (unpaired) electrons. The Morgan fingerprint density at radius 1 is 1.27 bits per heavy atom. The van der Waals surface area contributed by atoms with Gasteiger partial charge in [-0.15, -0.1) is 0 Å². The molecule has 1 amide bonds. The number of thioether (sulfide) groups is 1. The Balaban J connectivity index is 1.83. The molecule has 0 aliphatic carbocycles. The number of rotatable bonds is 8. The third-order valence-corrected chi connectivity index (χ3v) is 6.51. The molecule has 1 aliphatic rings. The van der Waals surface area contributed by atoms with E-state index in [2.05, 4.69) is 0 Å². The first-order valence-electron chi connectivity index (χ1n) is 9.99. The number of aromatic nitrogens is 1. The lowest BCUT2D eigenvalue weighted by Crippen LogP contribution is -2.31. The molecule has 8 nitrogen and oxygen atoms in total. The molecule has 1 aliphatic heterocycles. The summed E-state index contributed by atoms with van der Waals surface area (Å²) in [5, 5.41) is 20.0. The van der Waals surface area contributed by atoms with Gasteiger partial charge >= 0.3 is 0 Å². The van der Waals surface area contributed by atoms with Crippen LogP contribution in [0.25, 0.3) is 6.08 Å². The van der Waals surface area contributed by atoms with E-state index in [1.165, 1.54) is 18.9 Å². The molecule has 170 valence electrons. The molecule has 2 aromatic rings. The number of pyridine rings is 1. The highest BCUT2D eigenvalue weighted by Gasteiger charge is 2.33. The first-order chi connectivity index (χ1) is 15.8. The van der Waals surface area contributed by atoms with Crippen molar-refractivity contribution in [3.05, 3.63) is 67.8 Å². The number of nitriles is 1. The topological polar surface area (TPSA) is 113 Å². The van der Waals surface area contributed by atoms with Crippen LogP contribution in [0.1, 0.15) is 33.5 Å². The smallest absolute Gasteiger partial charge is 0.271 e. The van der Waals surface area contributed by atoms with Crippen LogP contribution < -0.4 is 5.56 Å². The fourth-order valence-corrected chi connectivity index (χ4v) is 4.72. The molecule has 0 bridgehead atoms. The van der Waals surface area contributed by atoms with Crippen LogP contribution in [0.15, 0.2) is 40.0 Å². The Bertz CT molecular complexity index is 1250. The molecule has 10 heteroatoms. The lowest BCUT2D eigenvalue weighted by Gasteiger charge is -2.17. The number of ketones is 1. The predicted molar refractivity (Wildman–Crippen MR) is 129 cm³/mol. The number of carbonyl (C=O) groups is 2. The van der Waals surface area contributed by atoms with Crippen molar-refractivity contribution in [1.29, 1.82) is 5.26 Å². The quantitative estimate of drug-likeness (QED) is 0.347. The average molecular weight is 484 g/mol. The largest absolute Gasteiger partial charge is 0.494 e. The van der Waals surface area contributed by atoms with Gasteiger partial charge in [-0.3, -0.25) is 23.9 Å². The number of ether oxygens (including phenoxy) is 1. The standard InChI is InChI=1S/C23H21N3O5S2/c1-14-16(13-24)20(28)25(10-11-31-2)22(30)19(14)17(27)8-9-26-21(29)18(33-23(26)32)12-15-6-4-3-5-7-15/h3-7,12,30H,8-11H2,1-2H3/b18-12-. The summed E-state index contributed by atoms with van der Waals surface area (Å²) < 4.78 is 6.23. The van der Waals surface area contributed by atoms with Crippen LogP contribution in [0.3, 0.4) is 0 Å². The number of thiocarbonyl (C=S) groups is 1. The molecule has 0 spiro atoms. The summed E-state index contributed by atoms with van der Waals surface area (Å²) in [7, 11) is 1.43. The highest BCUT2D eigenvalue weighted by Crippen LogP contribution is 2.33. The van der Waals surface area contributed by atoms with Gasteiger partial charge in [-0.25, -0.2) is 0 Å². The van der Waals surface area contributed by atoms with Crippen LogP contribution in [0.2, 0.25) is 0 Å². The number of methoxy groups -OCH3 is 1. The summed E-state index contributed by atoms with van der Waals surface area (Å²) in [6.07, 6.45) is 1.59. The summed E-state index contributed by atoms with van der Waals surface area (Å²) in [4.78, 5) is 40.1. The minimum atomic E-state index is -0.691. The van der Waals surface area contributed by atoms with E-state index in [4.69, 9.17) is 17.0 Å². The van der Waals surface area contributed by atoms with Crippen molar-refractivity contribution >= 4 is 46.1 Å². The second-order valence-corrected chi connectivity index (χ2v) is 8.85. The molecule has 0 saturated carbocycles. The van der Waals surface area contributed by atoms with Gasteiger partial charge in [0.25, 0.3) is 11.5 Å². The number of hydrogen-bond acceptors (Lipinski definition) is 8. The van der Waals surface area contributed by atoms with Crippen LogP contribution in [-0.4, -0.2) is 50.8 Å². The van der Waals surface area contributed by atoms with E-state index in [9.17, 15) is 24.8 Å².